The molecule has 0 aromatic heterocycles. The molecule has 7 heteroatoms. The first-order valence-electron chi connectivity index (χ1n) is 9.26. The molecule has 1 aromatic carbocycles. The normalized spacial score (nSPS) is 16.5. The highest BCUT2D eigenvalue weighted by Crippen LogP contribution is 2.23. The van der Waals surface area contributed by atoms with Gasteiger partial charge in [0.2, 0.25) is 15.9 Å². The monoisotopic (exact) mass is 381 g/mol. The van der Waals surface area contributed by atoms with Crippen LogP contribution in [0.25, 0.3) is 0 Å². The second kappa shape index (κ2) is 8.86. The third kappa shape index (κ3) is 5.71. The Hall–Kier alpha value is -1.60. The average Bonchev–Trinajstić information content (AvgIpc) is 3.02. The van der Waals surface area contributed by atoms with E-state index in [4.69, 9.17) is 0 Å². The van der Waals surface area contributed by atoms with Crippen LogP contribution in [0.15, 0.2) is 18.2 Å². The standard InChI is InChI=1S/C19H31N3O3S/c1-15-12-16(2)14-18(13-15)22(26(4,24)25)17(3)19(23)20-8-7-11-21-9-5-6-10-21/h12-14,17H,5-11H2,1-4H3,(H,20,23)/t17-/m1/s1. The van der Waals surface area contributed by atoms with Crippen molar-refractivity contribution in [1.82, 2.24) is 10.2 Å². The maximum Gasteiger partial charge on any atom is 0.243 e. The molecular weight excluding hydrogens is 350 g/mol. The minimum Gasteiger partial charge on any atom is -0.354 e. The van der Waals surface area contributed by atoms with Gasteiger partial charge in [-0.3, -0.25) is 9.10 Å². The van der Waals surface area contributed by atoms with Crippen molar-refractivity contribution in [2.75, 3.05) is 36.7 Å². The number of anilines is 1. The van der Waals surface area contributed by atoms with Gasteiger partial charge in [-0.1, -0.05) is 6.07 Å². The molecule has 1 amide bonds. The highest BCUT2D eigenvalue weighted by molar-refractivity contribution is 7.92. The van der Waals surface area contributed by atoms with Crippen molar-refractivity contribution in [3.63, 3.8) is 0 Å². The van der Waals surface area contributed by atoms with E-state index in [9.17, 15) is 13.2 Å². The van der Waals surface area contributed by atoms with Gasteiger partial charge in [0.15, 0.2) is 0 Å². The molecule has 1 aliphatic rings. The van der Waals surface area contributed by atoms with E-state index in [0.29, 0.717) is 12.2 Å². The molecular formula is C19H31N3O3S. The Labute approximate surface area is 157 Å². The van der Waals surface area contributed by atoms with Crippen molar-refractivity contribution in [3.05, 3.63) is 29.3 Å². The SMILES string of the molecule is Cc1cc(C)cc(N([C@H](C)C(=O)NCCCN2CCCC2)S(C)(=O)=O)c1. The number of carbonyl (C=O) groups excluding carboxylic acids is 1. The molecule has 1 heterocycles. The molecule has 0 bridgehead atoms. The molecule has 26 heavy (non-hydrogen) atoms. The number of hydrogen-bond acceptors (Lipinski definition) is 4. The number of hydrogen-bond donors (Lipinski definition) is 1. The largest absolute Gasteiger partial charge is 0.354 e. The van der Waals surface area contributed by atoms with E-state index in [1.54, 1.807) is 19.1 Å². The van der Waals surface area contributed by atoms with Crippen molar-refractivity contribution in [3.8, 4) is 0 Å². The Morgan fingerprint density at radius 1 is 1.19 bits per heavy atom. The number of amides is 1. The van der Waals surface area contributed by atoms with Crippen molar-refractivity contribution >= 4 is 21.6 Å². The van der Waals surface area contributed by atoms with Gasteiger partial charge in [-0.2, -0.15) is 0 Å². The second-order valence-electron chi connectivity index (χ2n) is 7.27. The highest BCUT2D eigenvalue weighted by atomic mass is 32.2. The quantitative estimate of drug-likeness (QED) is 0.700. The van der Waals surface area contributed by atoms with Crippen LogP contribution < -0.4 is 9.62 Å². The van der Waals surface area contributed by atoms with Crippen LogP contribution in [0.3, 0.4) is 0 Å². The fraction of sp³-hybridized carbons (Fsp3) is 0.632. The van der Waals surface area contributed by atoms with Crippen LogP contribution in [0.1, 0.15) is 37.3 Å². The van der Waals surface area contributed by atoms with Crippen molar-refractivity contribution in [2.45, 2.75) is 46.1 Å². The fourth-order valence-electron chi connectivity index (χ4n) is 3.55. The molecule has 0 saturated carbocycles. The van der Waals surface area contributed by atoms with E-state index in [0.717, 1.165) is 43.4 Å². The molecule has 1 N–H and O–H groups in total. The zero-order chi connectivity index (χ0) is 19.3. The first kappa shape index (κ1) is 20.7. The molecule has 0 aliphatic carbocycles. The zero-order valence-electron chi connectivity index (χ0n) is 16.3. The van der Waals surface area contributed by atoms with Crippen LogP contribution in [0.4, 0.5) is 5.69 Å². The summed E-state index contributed by atoms with van der Waals surface area (Å²) in [5, 5.41) is 2.89. The zero-order valence-corrected chi connectivity index (χ0v) is 17.1. The molecule has 1 aromatic rings. The van der Waals surface area contributed by atoms with Crippen molar-refractivity contribution < 1.29 is 13.2 Å². The second-order valence-corrected chi connectivity index (χ2v) is 9.13. The molecule has 6 nitrogen and oxygen atoms in total. The summed E-state index contributed by atoms with van der Waals surface area (Å²) < 4.78 is 25.9. The van der Waals surface area contributed by atoms with Gasteiger partial charge in [0, 0.05) is 6.54 Å². The van der Waals surface area contributed by atoms with Crippen LogP contribution in [0, 0.1) is 13.8 Å². The fourth-order valence-corrected chi connectivity index (χ4v) is 4.71. The van der Waals surface area contributed by atoms with Gasteiger partial charge in [-0.15, -0.1) is 0 Å². The van der Waals surface area contributed by atoms with Gasteiger partial charge in [0.1, 0.15) is 6.04 Å². The summed E-state index contributed by atoms with van der Waals surface area (Å²) in [6.45, 7) is 9.28. The number of benzene rings is 1. The molecule has 1 saturated heterocycles. The smallest absolute Gasteiger partial charge is 0.243 e. The Morgan fingerprint density at radius 2 is 1.77 bits per heavy atom. The summed E-state index contributed by atoms with van der Waals surface area (Å²) in [6.07, 6.45) is 4.52. The summed E-state index contributed by atoms with van der Waals surface area (Å²) in [7, 11) is -3.58. The lowest BCUT2D eigenvalue weighted by atomic mass is 10.1. The van der Waals surface area contributed by atoms with Crippen LogP contribution in [-0.4, -0.2) is 57.7 Å². The van der Waals surface area contributed by atoms with E-state index < -0.39 is 16.1 Å². The third-order valence-corrected chi connectivity index (χ3v) is 5.94. The number of carbonyl (C=O) groups is 1. The lowest BCUT2D eigenvalue weighted by Crippen LogP contribution is -2.48. The summed E-state index contributed by atoms with van der Waals surface area (Å²) in [5.41, 5.74) is 2.46. The summed E-state index contributed by atoms with van der Waals surface area (Å²) in [6, 6.07) is 4.78. The van der Waals surface area contributed by atoms with Crippen LogP contribution in [0.2, 0.25) is 0 Å². The van der Waals surface area contributed by atoms with Gasteiger partial charge in [-0.05, 0) is 82.9 Å². The lowest BCUT2D eigenvalue weighted by Gasteiger charge is -2.29. The molecule has 1 atom stereocenters. The van der Waals surface area contributed by atoms with E-state index in [1.165, 1.54) is 17.1 Å². The van der Waals surface area contributed by atoms with E-state index in [-0.39, 0.29) is 5.91 Å². The summed E-state index contributed by atoms with van der Waals surface area (Å²) in [5.74, 6) is -0.268. The molecule has 1 aliphatic heterocycles. The van der Waals surface area contributed by atoms with Crippen molar-refractivity contribution in [1.29, 1.82) is 0 Å². The molecule has 0 unspecified atom stereocenters. The number of aryl methyl sites for hydroxylation is 2. The van der Waals surface area contributed by atoms with Gasteiger partial charge >= 0.3 is 0 Å². The maximum atomic E-state index is 12.5. The topological polar surface area (TPSA) is 69.7 Å². The third-order valence-electron chi connectivity index (χ3n) is 4.70. The minimum absolute atomic E-state index is 0.268. The molecule has 0 spiro atoms. The summed E-state index contributed by atoms with van der Waals surface area (Å²) >= 11 is 0. The predicted octanol–water partition coefficient (Wildman–Crippen LogP) is 2.06. The van der Waals surface area contributed by atoms with Gasteiger partial charge in [0.05, 0.1) is 11.9 Å². The van der Waals surface area contributed by atoms with E-state index in [1.807, 2.05) is 19.9 Å². The number of rotatable bonds is 8. The lowest BCUT2D eigenvalue weighted by molar-refractivity contribution is -0.121. The Balaban J connectivity index is 2.01. The molecule has 2 rings (SSSR count). The van der Waals surface area contributed by atoms with Gasteiger partial charge < -0.3 is 10.2 Å². The van der Waals surface area contributed by atoms with Crippen LogP contribution in [-0.2, 0) is 14.8 Å². The van der Waals surface area contributed by atoms with Gasteiger partial charge in [-0.25, -0.2) is 8.42 Å². The van der Waals surface area contributed by atoms with Crippen LogP contribution >= 0.6 is 0 Å². The van der Waals surface area contributed by atoms with Crippen molar-refractivity contribution in [2.24, 2.45) is 0 Å². The van der Waals surface area contributed by atoms with Gasteiger partial charge in [0.25, 0.3) is 0 Å². The maximum absolute atomic E-state index is 12.5. The number of sulfonamides is 1. The molecule has 1 fully saturated rings. The number of likely N-dealkylation sites (tertiary alicyclic amines) is 1. The Morgan fingerprint density at radius 3 is 2.31 bits per heavy atom. The average molecular weight is 382 g/mol. The first-order valence-corrected chi connectivity index (χ1v) is 11.1. The number of nitrogens with one attached hydrogen (secondary N) is 1. The Kier molecular flexibility index (Phi) is 7.06. The van der Waals surface area contributed by atoms with E-state index in [2.05, 4.69) is 10.2 Å². The molecule has 146 valence electrons. The Bertz CT molecular complexity index is 707. The van der Waals surface area contributed by atoms with E-state index >= 15 is 0 Å². The summed E-state index contributed by atoms with van der Waals surface area (Å²) in [4.78, 5) is 14.9. The molecule has 0 radical (unpaired) electrons. The predicted molar refractivity (Wildman–Crippen MR) is 106 cm³/mol. The first-order chi connectivity index (χ1) is 12.2. The minimum atomic E-state index is -3.58. The van der Waals surface area contributed by atoms with Crippen LogP contribution in [0.5, 0.6) is 0 Å². The number of nitrogens with zero attached hydrogens (tertiary/aromatic N) is 2. The highest BCUT2D eigenvalue weighted by Gasteiger charge is 2.29.